The van der Waals surface area contributed by atoms with E-state index in [1.54, 1.807) is 0 Å². The molecule has 1 aromatic rings. The number of benzene rings is 1. The number of hydrogen-bond acceptors (Lipinski definition) is 5. The molecule has 0 aliphatic heterocycles. The van der Waals surface area contributed by atoms with E-state index in [1.165, 1.54) is 0 Å². The highest BCUT2D eigenvalue weighted by Crippen LogP contribution is 2.10. The zero-order valence-corrected chi connectivity index (χ0v) is 10.3. The van der Waals surface area contributed by atoms with Crippen molar-refractivity contribution in [3.63, 3.8) is 0 Å². The Bertz CT molecular complexity index is 514. The number of nitrogens with one attached hydrogen (secondary N) is 1. The fraction of sp³-hybridized carbons (Fsp3) is 0.300. The molecule has 0 aliphatic carbocycles. The largest absolute Gasteiger partial charge is 0.468 e. The third-order valence-electron chi connectivity index (χ3n) is 2.09. The van der Waals surface area contributed by atoms with Gasteiger partial charge < -0.3 is 9.84 Å². The van der Waals surface area contributed by atoms with E-state index in [2.05, 4.69) is 4.74 Å². The lowest BCUT2D eigenvalue weighted by atomic mass is 10.3. The summed E-state index contributed by atoms with van der Waals surface area (Å²) in [6.07, 6.45) is 0. The summed E-state index contributed by atoms with van der Waals surface area (Å²) in [7, 11) is -2.95. The zero-order valence-electron chi connectivity index (χ0n) is 9.46. The van der Waals surface area contributed by atoms with Crippen LogP contribution in [0.1, 0.15) is 0 Å². The average Bonchev–Trinajstić information content (AvgIpc) is 2.35. The molecule has 0 amide bonds. The number of carbonyl (C=O) groups is 1. The number of methoxy groups -OCH3 is 1. The molecule has 0 spiro atoms. The van der Waals surface area contributed by atoms with Gasteiger partial charge in [-0.05, 0) is 24.3 Å². The van der Waals surface area contributed by atoms with E-state index in [0.717, 1.165) is 31.4 Å². The Kier molecular flexibility index (Phi) is 4.76. The van der Waals surface area contributed by atoms with Gasteiger partial charge in [-0.25, -0.2) is 12.8 Å². The molecule has 0 bridgehead atoms. The number of rotatable bonds is 5. The first-order valence-corrected chi connectivity index (χ1v) is 6.35. The highest BCUT2D eigenvalue weighted by Gasteiger charge is 2.25. The summed E-state index contributed by atoms with van der Waals surface area (Å²) in [5, 5.41) is 8.89. The molecule has 18 heavy (non-hydrogen) atoms. The molecule has 0 heterocycles. The number of hydrogen-bond donors (Lipinski definition) is 2. The van der Waals surface area contributed by atoms with Gasteiger partial charge in [0.1, 0.15) is 11.9 Å². The number of esters is 1. The summed E-state index contributed by atoms with van der Waals surface area (Å²) in [5.74, 6) is -1.50. The van der Waals surface area contributed by atoms with E-state index in [1.807, 2.05) is 4.72 Å². The first kappa shape index (κ1) is 14.6. The van der Waals surface area contributed by atoms with Crippen molar-refractivity contribution in [2.24, 2.45) is 0 Å². The van der Waals surface area contributed by atoms with Crippen LogP contribution in [0.5, 0.6) is 0 Å². The lowest BCUT2D eigenvalue weighted by Gasteiger charge is -2.14. The van der Waals surface area contributed by atoms with Gasteiger partial charge in [0.05, 0.1) is 18.6 Å². The van der Waals surface area contributed by atoms with Crippen molar-refractivity contribution in [1.82, 2.24) is 4.72 Å². The summed E-state index contributed by atoms with van der Waals surface area (Å²) >= 11 is 0. The van der Waals surface area contributed by atoms with Crippen LogP contribution >= 0.6 is 0 Å². The van der Waals surface area contributed by atoms with Gasteiger partial charge in [0.15, 0.2) is 0 Å². The molecule has 2 N–H and O–H groups in total. The highest BCUT2D eigenvalue weighted by molar-refractivity contribution is 7.89. The number of aliphatic hydroxyl groups excluding tert-OH is 1. The maximum atomic E-state index is 12.7. The molecule has 1 aromatic carbocycles. The van der Waals surface area contributed by atoms with E-state index in [0.29, 0.717) is 0 Å². The predicted molar refractivity (Wildman–Crippen MR) is 59.6 cm³/mol. The lowest BCUT2D eigenvalue weighted by molar-refractivity contribution is -0.143. The van der Waals surface area contributed by atoms with Gasteiger partial charge in [0.2, 0.25) is 10.0 Å². The van der Waals surface area contributed by atoms with Crippen molar-refractivity contribution in [1.29, 1.82) is 0 Å². The standard InChI is InChI=1S/C10H12FNO5S/c1-17-10(14)9(6-13)12-18(15,16)8-4-2-7(11)3-5-8/h2-5,9,12-13H,6H2,1H3. The van der Waals surface area contributed by atoms with Crippen LogP contribution < -0.4 is 4.72 Å². The highest BCUT2D eigenvalue weighted by atomic mass is 32.2. The van der Waals surface area contributed by atoms with Gasteiger partial charge >= 0.3 is 5.97 Å². The number of ether oxygens (including phenoxy) is 1. The van der Waals surface area contributed by atoms with Gasteiger partial charge in [-0.15, -0.1) is 0 Å². The monoisotopic (exact) mass is 277 g/mol. The fourth-order valence-electron chi connectivity index (χ4n) is 1.17. The molecule has 1 unspecified atom stereocenters. The lowest BCUT2D eigenvalue weighted by Crippen LogP contribution is -2.43. The number of sulfonamides is 1. The molecule has 0 saturated heterocycles. The molecule has 1 rings (SSSR count). The SMILES string of the molecule is COC(=O)C(CO)NS(=O)(=O)c1ccc(F)cc1. The van der Waals surface area contributed by atoms with Gasteiger partial charge in [-0.2, -0.15) is 4.72 Å². The van der Waals surface area contributed by atoms with Crippen LogP contribution in [0.15, 0.2) is 29.2 Å². The Balaban J connectivity index is 2.94. The van der Waals surface area contributed by atoms with Crippen molar-refractivity contribution in [3.05, 3.63) is 30.1 Å². The first-order chi connectivity index (χ1) is 8.40. The van der Waals surface area contributed by atoms with Crippen LogP contribution in [0.3, 0.4) is 0 Å². The van der Waals surface area contributed by atoms with Crippen LogP contribution in [-0.2, 0) is 19.6 Å². The van der Waals surface area contributed by atoms with Crippen molar-refractivity contribution in [2.75, 3.05) is 13.7 Å². The van der Waals surface area contributed by atoms with Crippen molar-refractivity contribution >= 4 is 16.0 Å². The second-order valence-electron chi connectivity index (χ2n) is 3.33. The zero-order chi connectivity index (χ0) is 13.8. The molecule has 1 atom stereocenters. The maximum absolute atomic E-state index is 12.7. The molecule has 100 valence electrons. The van der Waals surface area contributed by atoms with Crippen LogP contribution in [0.2, 0.25) is 0 Å². The second-order valence-corrected chi connectivity index (χ2v) is 5.05. The van der Waals surface area contributed by atoms with Gasteiger partial charge in [0, 0.05) is 0 Å². The van der Waals surface area contributed by atoms with E-state index in [-0.39, 0.29) is 4.90 Å². The molecule has 8 heteroatoms. The van der Waals surface area contributed by atoms with E-state index in [4.69, 9.17) is 5.11 Å². The smallest absolute Gasteiger partial charge is 0.326 e. The van der Waals surface area contributed by atoms with Gasteiger partial charge in [-0.1, -0.05) is 0 Å². The Morgan fingerprint density at radius 2 is 2.00 bits per heavy atom. The number of aliphatic hydroxyl groups is 1. The molecule has 0 aromatic heterocycles. The third-order valence-corrected chi connectivity index (χ3v) is 3.58. The quantitative estimate of drug-likeness (QED) is 0.717. The Morgan fingerprint density at radius 1 is 1.44 bits per heavy atom. The van der Waals surface area contributed by atoms with Crippen molar-refractivity contribution < 1.29 is 27.4 Å². The van der Waals surface area contributed by atoms with Gasteiger partial charge in [0.25, 0.3) is 0 Å². The average molecular weight is 277 g/mol. The van der Waals surface area contributed by atoms with E-state index in [9.17, 15) is 17.6 Å². The topological polar surface area (TPSA) is 92.7 Å². The predicted octanol–water partition coefficient (Wildman–Crippen LogP) is -0.362. The second kappa shape index (κ2) is 5.89. The van der Waals surface area contributed by atoms with Crippen LogP contribution in [0, 0.1) is 5.82 Å². The fourth-order valence-corrected chi connectivity index (χ4v) is 2.35. The summed E-state index contributed by atoms with van der Waals surface area (Å²) in [6.45, 7) is -0.743. The first-order valence-electron chi connectivity index (χ1n) is 4.87. The molecule has 0 saturated carbocycles. The van der Waals surface area contributed by atoms with Gasteiger partial charge in [-0.3, -0.25) is 4.79 Å². The van der Waals surface area contributed by atoms with Crippen molar-refractivity contribution in [3.8, 4) is 0 Å². The molecular formula is C10H12FNO5S. The molecule has 0 aliphatic rings. The summed E-state index contributed by atoms with van der Waals surface area (Å²) in [4.78, 5) is 10.9. The van der Waals surface area contributed by atoms with Crippen LogP contribution in [0.25, 0.3) is 0 Å². The van der Waals surface area contributed by atoms with E-state index < -0.39 is 34.5 Å². The summed E-state index contributed by atoms with van der Waals surface area (Å²) in [6, 6.07) is 2.64. The number of carbonyl (C=O) groups excluding carboxylic acids is 1. The minimum absolute atomic E-state index is 0.216. The third kappa shape index (κ3) is 3.49. The summed E-state index contributed by atoms with van der Waals surface area (Å²) in [5.41, 5.74) is 0. The van der Waals surface area contributed by atoms with Crippen LogP contribution in [0.4, 0.5) is 4.39 Å². The van der Waals surface area contributed by atoms with E-state index >= 15 is 0 Å². The Labute approximate surface area is 103 Å². The number of halogens is 1. The minimum atomic E-state index is -4.02. The molecule has 0 radical (unpaired) electrons. The van der Waals surface area contributed by atoms with Crippen LogP contribution in [-0.4, -0.2) is 39.3 Å². The van der Waals surface area contributed by atoms with Crippen molar-refractivity contribution in [2.45, 2.75) is 10.9 Å². The maximum Gasteiger partial charge on any atom is 0.326 e. The Morgan fingerprint density at radius 3 is 2.44 bits per heavy atom. The molecule has 6 nitrogen and oxygen atoms in total. The normalized spacial score (nSPS) is 13.1. The minimum Gasteiger partial charge on any atom is -0.468 e. The Hall–Kier alpha value is -1.51. The molecular weight excluding hydrogens is 265 g/mol. The molecule has 0 fully saturated rings. The summed E-state index contributed by atoms with van der Waals surface area (Å²) < 4.78 is 42.5.